The highest BCUT2D eigenvalue weighted by Gasteiger charge is 2.39. The number of methoxy groups -OCH3 is 1. The number of hydrazine groups is 1. The van der Waals surface area contributed by atoms with Crippen molar-refractivity contribution in [2.24, 2.45) is 16.3 Å². The predicted molar refractivity (Wildman–Crippen MR) is 249 cm³/mol. The van der Waals surface area contributed by atoms with Crippen LogP contribution in [-0.2, 0) is 52.8 Å². The Kier molecular flexibility index (Phi) is 14.2. The van der Waals surface area contributed by atoms with E-state index in [1.807, 2.05) is 39.1 Å². The molecule has 0 unspecified atom stereocenters. The molecule has 1 aromatic heterocycles. The smallest absolute Gasteiger partial charge is 0.324 e. The summed E-state index contributed by atoms with van der Waals surface area (Å²) in [5.74, 6) is -2.52. The average molecular weight is 895 g/mol. The van der Waals surface area contributed by atoms with Crippen molar-refractivity contribution in [3.05, 3.63) is 58.9 Å². The van der Waals surface area contributed by atoms with Gasteiger partial charge >= 0.3 is 5.97 Å². The zero-order valence-corrected chi connectivity index (χ0v) is 39.3. The largest absolute Gasteiger partial charge is 0.508 e. The minimum atomic E-state index is -1.17. The second kappa shape index (κ2) is 19.5. The minimum absolute atomic E-state index is 0.00882. The number of allylic oxidation sites excluding steroid dienone is 1. The highest BCUT2D eigenvalue weighted by atomic mass is 16.5. The monoisotopic (exact) mass is 895 g/mol. The summed E-state index contributed by atoms with van der Waals surface area (Å²) in [5, 5.41) is 19.6. The number of nitrogens with one attached hydrogen (secondary N) is 3. The summed E-state index contributed by atoms with van der Waals surface area (Å²) in [6, 6.07) is 8.21. The third-order valence-electron chi connectivity index (χ3n) is 13.1. The molecule has 4 N–H and O–H groups in total. The molecule has 16 heteroatoms. The van der Waals surface area contributed by atoms with Crippen molar-refractivity contribution in [3.63, 3.8) is 0 Å². The number of aliphatic imine (C=N–C) groups is 1. The lowest BCUT2D eigenvalue weighted by Crippen LogP contribution is -2.62. The summed E-state index contributed by atoms with van der Waals surface area (Å²) < 4.78 is 14.3. The molecule has 7 rings (SSSR count). The Labute approximate surface area is 381 Å². The highest BCUT2D eigenvalue weighted by Crippen LogP contribution is 2.42. The normalized spacial score (nSPS) is 22.0. The number of esters is 1. The molecule has 3 aromatic rings. The van der Waals surface area contributed by atoms with Crippen molar-refractivity contribution in [2.45, 2.75) is 117 Å². The van der Waals surface area contributed by atoms with E-state index < -0.39 is 47.2 Å². The zero-order valence-electron chi connectivity index (χ0n) is 39.3. The molecule has 0 aliphatic carbocycles. The van der Waals surface area contributed by atoms with Gasteiger partial charge in [-0.15, -0.1) is 0 Å². The number of carbonyl (C=O) groups excluding carboxylic acids is 5. The summed E-state index contributed by atoms with van der Waals surface area (Å²) in [7, 11) is 4.77. The van der Waals surface area contributed by atoms with Gasteiger partial charge < -0.3 is 39.6 Å². The molecule has 0 spiro atoms. The van der Waals surface area contributed by atoms with Crippen LogP contribution in [-0.4, -0.2) is 138 Å². The number of ether oxygens (including phenoxy) is 2. The van der Waals surface area contributed by atoms with Crippen LogP contribution in [0.25, 0.3) is 27.6 Å². The number of fused-ring (bicyclic) bond motifs is 6. The number of amides is 4. The number of aromatic nitrogens is 1. The number of carbonyl (C=O) groups is 5. The van der Waals surface area contributed by atoms with Gasteiger partial charge in [-0.1, -0.05) is 39.8 Å². The van der Waals surface area contributed by atoms with Crippen molar-refractivity contribution in [3.8, 4) is 16.9 Å². The molecule has 6 bridgehead atoms. The first-order valence-electron chi connectivity index (χ1n) is 23.0. The number of aryl methyl sites for hydroxylation is 1. The quantitative estimate of drug-likeness (QED) is 0.160. The second-order valence-electron chi connectivity index (χ2n) is 19.2. The van der Waals surface area contributed by atoms with E-state index in [1.165, 1.54) is 21.9 Å². The molecular formula is C49H66N8O8. The van der Waals surface area contributed by atoms with Gasteiger partial charge in [0.2, 0.25) is 17.7 Å². The minimum Gasteiger partial charge on any atom is -0.508 e. The Balaban J connectivity index is 1.31. The van der Waals surface area contributed by atoms with Crippen molar-refractivity contribution in [1.82, 2.24) is 35.4 Å². The third-order valence-corrected chi connectivity index (χ3v) is 13.1. The first kappa shape index (κ1) is 47.4. The van der Waals surface area contributed by atoms with Crippen molar-refractivity contribution < 1.29 is 38.6 Å². The average Bonchev–Trinajstić information content (AvgIpc) is 4.09. The lowest BCUT2D eigenvalue weighted by molar-refractivity contribution is -0.155. The van der Waals surface area contributed by atoms with Gasteiger partial charge in [-0.25, -0.2) is 5.43 Å². The Morgan fingerprint density at radius 1 is 1.09 bits per heavy atom. The lowest BCUT2D eigenvalue weighted by atomic mass is 9.83. The number of benzene rings is 2. The molecule has 65 heavy (non-hydrogen) atoms. The molecule has 5 atom stereocenters. The van der Waals surface area contributed by atoms with E-state index in [4.69, 9.17) is 14.5 Å². The maximum atomic E-state index is 14.7. The van der Waals surface area contributed by atoms with Gasteiger partial charge in [-0.2, -0.15) is 0 Å². The number of hydrogen-bond acceptors (Lipinski definition) is 11. The number of phenols is 1. The predicted octanol–water partition coefficient (Wildman–Crippen LogP) is 4.21. The number of rotatable bonds is 11. The number of hydrogen-bond donors (Lipinski definition) is 4. The van der Waals surface area contributed by atoms with Crippen LogP contribution in [0.15, 0.2) is 47.1 Å². The maximum absolute atomic E-state index is 14.7. The van der Waals surface area contributed by atoms with Crippen LogP contribution in [0.5, 0.6) is 5.75 Å². The van der Waals surface area contributed by atoms with E-state index in [1.54, 1.807) is 26.3 Å². The van der Waals surface area contributed by atoms with Crippen LogP contribution < -0.4 is 16.1 Å². The number of aromatic hydroxyl groups is 1. The van der Waals surface area contributed by atoms with Crippen molar-refractivity contribution >= 4 is 52.3 Å². The van der Waals surface area contributed by atoms with Gasteiger partial charge in [-0.05, 0) is 98.4 Å². The molecule has 2 saturated heterocycles. The summed E-state index contributed by atoms with van der Waals surface area (Å²) in [6.07, 6.45) is 4.81. The van der Waals surface area contributed by atoms with Crippen LogP contribution >= 0.6 is 0 Å². The molecule has 350 valence electrons. The van der Waals surface area contributed by atoms with Crippen molar-refractivity contribution in [2.75, 3.05) is 47.4 Å². The van der Waals surface area contributed by atoms with E-state index in [9.17, 15) is 29.1 Å². The standard InChI is InChI=1S/C49H66N8O8/c1-10-56-40-16-15-31-23-35(40)36(44(56)34-13-11-17-50-42(34)29(4)64-9)24-49(5,6)27-65-48(63)37-14-12-18-57(53-37)47(62)38(21-30-19-32(31)22-33(58)20-30)52-45(60)43(28(2)3)55(8)41(59)26-54(7)46(61)39-25-51-39/h15-17,19-20,22-23,28-29,37-39,43,51,53,58H,10-14,18,21,24-27H2,1-9H3,(H,52,60)/t29-,37-,38-,39-,43-/m0/s1. The Hall–Kier alpha value is -5.58. The Bertz CT molecular complexity index is 2400. The van der Waals surface area contributed by atoms with Crippen LogP contribution in [0.2, 0.25) is 0 Å². The van der Waals surface area contributed by atoms with E-state index in [0.717, 1.165) is 57.4 Å². The fraction of sp³-hybridized carbons (Fsp3) is 0.551. The lowest BCUT2D eigenvalue weighted by Gasteiger charge is -2.37. The van der Waals surface area contributed by atoms with Gasteiger partial charge in [-0.3, -0.25) is 34.0 Å². The molecular weight excluding hydrogens is 829 g/mol. The second-order valence-corrected chi connectivity index (χ2v) is 19.2. The summed E-state index contributed by atoms with van der Waals surface area (Å²) in [6.45, 7) is 13.4. The van der Waals surface area contributed by atoms with Crippen LogP contribution in [0, 0.1) is 11.3 Å². The summed E-state index contributed by atoms with van der Waals surface area (Å²) >= 11 is 0. The number of phenolic OH excluding ortho intramolecular Hbond substituents is 1. The van der Waals surface area contributed by atoms with Gasteiger partial charge in [0.05, 0.1) is 36.7 Å². The van der Waals surface area contributed by atoms with E-state index in [-0.39, 0.29) is 55.8 Å². The number of likely N-dealkylation sites (N-methyl/N-ethyl adjacent to an activating group) is 2. The number of nitrogens with zero attached hydrogens (tertiary/aromatic N) is 5. The maximum Gasteiger partial charge on any atom is 0.324 e. The third kappa shape index (κ3) is 10.3. The van der Waals surface area contributed by atoms with Gasteiger partial charge in [0.15, 0.2) is 0 Å². The Morgan fingerprint density at radius 2 is 1.85 bits per heavy atom. The molecule has 0 saturated carbocycles. The summed E-state index contributed by atoms with van der Waals surface area (Å²) in [5.41, 5.74) is 10.00. The SMILES string of the molecule is CCn1c(C2=C([C@H](C)OC)N=CCC2)c2c3cc(ccc31)-c1cc(O)cc(c1)C[C@H](NC(=O)[C@H](C(C)C)N(C)C(=O)CN(C)C(=O)[C@@H]1CN1)C(=O)N1CCC[C@H](N1)C(=O)OCC(C)(C)C2. The van der Waals surface area contributed by atoms with E-state index >= 15 is 0 Å². The Morgan fingerprint density at radius 3 is 2.54 bits per heavy atom. The molecule has 4 aliphatic heterocycles. The van der Waals surface area contributed by atoms with Crippen LogP contribution in [0.3, 0.4) is 0 Å². The van der Waals surface area contributed by atoms with E-state index in [0.29, 0.717) is 37.9 Å². The highest BCUT2D eigenvalue weighted by molar-refractivity contribution is 5.96. The van der Waals surface area contributed by atoms with E-state index in [2.05, 4.69) is 53.5 Å². The van der Waals surface area contributed by atoms with Crippen LogP contribution in [0.4, 0.5) is 0 Å². The first-order chi connectivity index (χ1) is 30.9. The molecule has 4 aliphatic rings. The number of cyclic esters (lactones) is 1. The molecule has 5 heterocycles. The molecule has 2 fully saturated rings. The molecule has 2 aromatic carbocycles. The molecule has 0 radical (unpaired) electrons. The van der Waals surface area contributed by atoms with Gasteiger partial charge in [0, 0.05) is 75.4 Å². The molecule has 16 nitrogen and oxygen atoms in total. The molecule has 4 amide bonds. The zero-order chi connectivity index (χ0) is 46.9. The fourth-order valence-corrected chi connectivity index (χ4v) is 9.56. The fourth-order valence-electron chi connectivity index (χ4n) is 9.56. The van der Waals surface area contributed by atoms with Crippen molar-refractivity contribution in [1.29, 1.82) is 0 Å². The van der Waals surface area contributed by atoms with Gasteiger partial charge in [0.25, 0.3) is 5.91 Å². The van der Waals surface area contributed by atoms with Crippen LogP contribution in [0.1, 0.15) is 84.0 Å². The first-order valence-corrected chi connectivity index (χ1v) is 23.0. The summed E-state index contributed by atoms with van der Waals surface area (Å²) in [4.78, 5) is 76.7. The topological polar surface area (TPSA) is 197 Å². The van der Waals surface area contributed by atoms with Gasteiger partial charge in [0.1, 0.15) is 23.9 Å².